The van der Waals surface area contributed by atoms with E-state index in [4.69, 9.17) is 5.11 Å². The summed E-state index contributed by atoms with van der Waals surface area (Å²) in [6.45, 7) is 2.07. The van der Waals surface area contributed by atoms with Gasteiger partial charge in [0.2, 0.25) is 10.0 Å². The Balaban J connectivity index is 2.54. The van der Waals surface area contributed by atoms with Crippen molar-refractivity contribution in [2.75, 3.05) is 12.3 Å². The minimum absolute atomic E-state index is 0.000213. The summed E-state index contributed by atoms with van der Waals surface area (Å²) in [5.74, 6) is -2.25. The Kier molecular flexibility index (Phi) is 4.65. The predicted octanol–water partition coefficient (Wildman–Crippen LogP) is 0.794. The molecule has 17 heavy (non-hydrogen) atoms. The zero-order valence-corrected chi connectivity index (χ0v) is 10.3. The summed E-state index contributed by atoms with van der Waals surface area (Å²) in [5, 5.41) is 8.41. The minimum Gasteiger partial charge on any atom is -0.480 e. The molecule has 1 aromatic carbocycles. The monoisotopic (exact) mass is 257 g/mol. The summed E-state index contributed by atoms with van der Waals surface area (Å²) in [5.41, 5.74) is 1.01. The van der Waals surface area contributed by atoms with Gasteiger partial charge >= 0.3 is 5.97 Å². The topological polar surface area (TPSA) is 83.5 Å². The first-order valence-electron chi connectivity index (χ1n) is 5.15. The van der Waals surface area contributed by atoms with Crippen LogP contribution in [-0.2, 0) is 14.8 Å². The van der Waals surface area contributed by atoms with E-state index >= 15 is 0 Å². The highest BCUT2D eigenvalue weighted by atomic mass is 32.2. The predicted molar refractivity (Wildman–Crippen MR) is 64.3 cm³/mol. The number of benzene rings is 1. The van der Waals surface area contributed by atoms with Crippen LogP contribution in [-0.4, -0.2) is 31.8 Å². The van der Waals surface area contributed by atoms with E-state index < -0.39 is 21.7 Å². The number of carboxylic acid groups (broad SMARTS) is 1. The lowest BCUT2D eigenvalue weighted by atomic mass is 10.0. The van der Waals surface area contributed by atoms with Gasteiger partial charge < -0.3 is 5.11 Å². The molecule has 0 aromatic heterocycles. The Labute approximate surface area is 101 Å². The molecule has 0 bridgehead atoms. The van der Waals surface area contributed by atoms with Crippen molar-refractivity contribution in [3.05, 3.63) is 35.9 Å². The van der Waals surface area contributed by atoms with E-state index in [2.05, 4.69) is 4.72 Å². The number of carbonyl (C=O) groups is 1. The normalized spacial score (nSPS) is 13.2. The fourth-order valence-electron chi connectivity index (χ4n) is 1.36. The summed E-state index contributed by atoms with van der Waals surface area (Å²) in [6, 6.07) is 9.42. The molecule has 1 aromatic rings. The van der Waals surface area contributed by atoms with Crippen molar-refractivity contribution in [2.45, 2.75) is 12.8 Å². The first-order valence-corrected chi connectivity index (χ1v) is 6.80. The van der Waals surface area contributed by atoms with E-state index in [1.807, 2.05) is 37.3 Å². The minimum atomic E-state index is -3.73. The molecule has 0 spiro atoms. The van der Waals surface area contributed by atoms with Crippen molar-refractivity contribution in [2.24, 2.45) is 0 Å². The quantitative estimate of drug-likeness (QED) is 0.789. The van der Waals surface area contributed by atoms with Crippen molar-refractivity contribution in [3.63, 3.8) is 0 Å². The second-order valence-corrected chi connectivity index (χ2v) is 5.62. The summed E-state index contributed by atoms with van der Waals surface area (Å²) >= 11 is 0. The number of nitrogens with one attached hydrogen (secondary N) is 1. The van der Waals surface area contributed by atoms with Gasteiger partial charge in [-0.05, 0) is 11.5 Å². The molecule has 1 rings (SSSR count). The van der Waals surface area contributed by atoms with Crippen LogP contribution >= 0.6 is 0 Å². The van der Waals surface area contributed by atoms with E-state index in [1.54, 1.807) is 0 Å². The van der Waals surface area contributed by atoms with Gasteiger partial charge in [-0.1, -0.05) is 37.3 Å². The summed E-state index contributed by atoms with van der Waals surface area (Å²) < 4.78 is 24.8. The third-order valence-corrected chi connectivity index (χ3v) is 3.53. The number of hydrogen-bond donors (Lipinski definition) is 2. The highest BCUT2D eigenvalue weighted by Crippen LogP contribution is 2.13. The van der Waals surface area contributed by atoms with Gasteiger partial charge in [-0.3, -0.25) is 4.79 Å². The average Bonchev–Trinajstić information content (AvgIpc) is 2.25. The van der Waals surface area contributed by atoms with Gasteiger partial charge in [-0.25, -0.2) is 13.1 Å². The largest absolute Gasteiger partial charge is 0.480 e. The van der Waals surface area contributed by atoms with Crippen molar-refractivity contribution in [3.8, 4) is 0 Å². The molecule has 94 valence electrons. The maximum absolute atomic E-state index is 11.3. The molecule has 0 heterocycles. The second-order valence-electron chi connectivity index (χ2n) is 3.81. The third-order valence-electron chi connectivity index (χ3n) is 2.29. The molecular formula is C11H15NO4S. The summed E-state index contributed by atoms with van der Waals surface area (Å²) in [6.07, 6.45) is 0. The van der Waals surface area contributed by atoms with Crippen molar-refractivity contribution < 1.29 is 18.3 Å². The highest BCUT2D eigenvalue weighted by Gasteiger charge is 2.16. The Morgan fingerprint density at radius 1 is 1.35 bits per heavy atom. The van der Waals surface area contributed by atoms with Crippen molar-refractivity contribution in [1.82, 2.24) is 4.72 Å². The van der Waals surface area contributed by atoms with Crippen LogP contribution in [0.4, 0.5) is 0 Å². The van der Waals surface area contributed by atoms with Crippen molar-refractivity contribution >= 4 is 16.0 Å². The van der Waals surface area contributed by atoms with Crippen LogP contribution in [0.1, 0.15) is 18.4 Å². The molecule has 0 aliphatic carbocycles. The van der Waals surface area contributed by atoms with Gasteiger partial charge in [-0.15, -0.1) is 0 Å². The zero-order chi connectivity index (χ0) is 12.9. The number of sulfonamides is 1. The molecule has 1 atom stereocenters. The third kappa shape index (κ3) is 4.97. The lowest BCUT2D eigenvalue weighted by Crippen LogP contribution is -2.32. The lowest BCUT2D eigenvalue weighted by molar-refractivity contribution is -0.134. The smallest absolute Gasteiger partial charge is 0.320 e. The molecule has 0 aliphatic rings. The summed E-state index contributed by atoms with van der Waals surface area (Å²) in [7, 11) is -3.73. The number of rotatable bonds is 6. The van der Waals surface area contributed by atoms with Crippen LogP contribution in [0.3, 0.4) is 0 Å². The van der Waals surface area contributed by atoms with Crippen LogP contribution in [0, 0.1) is 0 Å². The van der Waals surface area contributed by atoms with Gasteiger partial charge in [0.25, 0.3) is 0 Å². The Morgan fingerprint density at radius 2 is 1.94 bits per heavy atom. The molecule has 0 radical (unpaired) electrons. The molecule has 1 unspecified atom stereocenters. The molecular weight excluding hydrogens is 242 g/mol. The molecule has 0 amide bonds. The van der Waals surface area contributed by atoms with Crippen LogP contribution in [0.25, 0.3) is 0 Å². The fraction of sp³-hybridized carbons (Fsp3) is 0.364. The lowest BCUT2D eigenvalue weighted by Gasteiger charge is -2.12. The van der Waals surface area contributed by atoms with E-state index in [-0.39, 0.29) is 12.5 Å². The zero-order valence-electron chi connectivity index (χ0n) is 9.46. The van der Waals surface area contributed by atoms with Crippen molar-refractivity contribution in [1.29, 1.82) is 0 Å². The maximum atomic E-state index is 11.3. The van der Waals surface area contributed by atoms with E-state index in [0.717, 1.165) is 5.56 Å². The molecule has 0 aliphatic heterocycles. The van der Waals surface area contributed by atoms with E-state index in [9.17, 15) is 13.2 Å². The molecule has 2 N–H and O–H groups in total. The summed E-state index contributed by atoms with van der Waals surface area (Å²) in [4.78, 5) is 10.3. The first-order chi connectivity index (χ1) is 7.91. The Bertz CT molecular complexity index is 470. The first kappa shape index (κ1) is 13.7. The number of carboxylic acids is 1. The second kappa shape index (κ2) is 5.79. The van der Waals surface area contributed by atoms with Gasteiger partial charge in [0, 0.05) is 6.54 Å². The Morgan fingerprint density at radius 3 is 2.47 bits per heavy atom. The van der Waals surface area contributed by atoms with E-state index in [1.165, 1.54) is 0 Å². The van der Waals surface area contributed by atoms with Crippen LogP contribution in [0.5, 0.6) is 0 Å². The molecule has 0 saturated heterocycles. The van der Waals surface area contributed by atoms with Crippen LogP contribution in [0.15, 0.2) is 30.3 Å². The van der Waals surface area contributed by atoms with Gasteiger partial charge in [0.15, 0.2) is 5.75 Å². The molecule has 6 heteroatoms. The molecule has 0 saturated carbocycles. The fourth-order valence-corrected chi connectivity index (χ4v) is 2.30. The molecule has 0 fully saturated rings. The number of hydrogen-bond acceptors (Lipinski definition) is 3. The highest BCUT2D eigenvalue weighted by molar-refractivity contribution is 7.90. The standard InChI is InChI=1S/C11H15NO4S/c1-9(10-5-3-2-4-6-10)7-12-17(15,16)8-11(13)14/h2-6,9,12H,7-8H2,1H3,(H,13,14). The van der Waals surface area contributed by atoms with Crippen LogP contribution in [0.2, 0.25) is 0 Å². The van der Waals surface area contributed by atoms with Gasteiger partial charge in [0.05, 0.1) is 0 Å². The van der Waals surface area contributed by atoms with Gasteiger partial charge in [-0.2, -0.15) is 0 Å². The molecule has 5 nitrogen and oxygen atoms in total. The Hall–Kier alpha value is -1.40. The van der Waals surface area contributed by atoms with Crippen LogP contribution < -0.4 is 4.72 Å². The number of aliphatic carboxylic acids is 1. The maximum Gasteiger partial charge on any atom is 0.320 e. The average molecular weight is 257 g/mol. The van der Waals surface area contributed by atoms with Gasteiger partial charge in [0.1, 0.15) is 0 Å². The van der Waals surface area contributed by atoms with E-state index in [0.29, 0.717) is 0 Å². The SMILES string of the molecule is CC(CNS(=O)(=O)CC(=O)O)c1ccccc1.